The van der Waals surface area contributed by atoms with Gasteiger partial charge in [-0.3, -0.25) is 0 Å². The molecule has 0 saturated carbocycles. The Labute approximate surface area is 65.9 Å². The van der Waals surface area contributed by atoms with Crippen LogP contribution in [0.3, 0.4) is 0 Å². The smallest absolute Gasteiger partial charge is 0.258 e. The summed E-state index contributed by atoms with van der Waals surface area (Å²) in [4.78, 5) is 0. The van der Waals surface area contributed by atoms with E-state index in [9.17, 15) is 8.78 Å². The number of rotatable bonds is 4. The molecule has 0 heterocycles. The average Bonchev–Trinajstić information content (AvgIpc) is 2.01. The minimum absolute atomic E-state index is 0.507. The molecular formula is C7H15F2NO. The van der Waals surface area contributed by atoms with Gasteiger partial charge in [0.15, 0.2) is 0 Å². The van der Waals surface area contributed by atoms with Crippen molar-refractivity contribution < 1.29 is 13.5 Å². The van der Waals surface area contributed by atoms with Crippen molar-refractivity contribution >= 4 is 0 Å². The van der Waals surface area contributed by atoms with Crippen molar-refractivity contribution in [1.82, 2.24) is 5.32 Å². The molecule has 0 bridgehead atoms. The molecule has 0 aromatic heterocycles. The fourth-order valence-corrected chi connectivity index (χ4v) is 0.735. The van der Waals surface area contributed by atoms with Crippen LogP contribution in [-0.2, 0) is 4.74 Å². The van der Waals surface area contributed by atoms with Crippen LogP contribution in [0.1, 0.15) is 13.8 Å². The molecule has 0 aromatic carbocycles. The molecule has 0 aliphatic carbocycles. The minimum atomic E-state index is -2.43. The Bertz CT molecular complexity index is 121. The Morgan fingerprint density at radius 1 is 1.45 bits per heavy atom. The molecule has 0 amide bonds. The van der Waals surface area contributed by atoms with Crippen LogP contribution in [0.4, 0.5) is 8.78 Å². The van der Waals surface area contributed by atoms with Gasteiger partial charge in [-0.15, -0.1) is 0 Å². The first kappa shape index (κ1) is 10.8. The first-order valence-corrected chi connectivity index (χ1v) is 3.49. The van der Waals surface area contributed by atoms with Gasteiger partial charge in [0.05, 0.1) is 6.10 Å². The highest BCUT2D eigenvalue weighted by molar-refractivity contribution is 4.90. The van der Waals surface area contributed by atoms with Crippen LogP contribution in [0.5, 0.6) is 0 Å². The predicted octanol–water partition coefficient (Wildman–Crippen LogP) is 1.26. The number of ether oxygens (including phenoxy) is 1. The van der Waals surface area contributed by atoms with Crippen molar-refractivity contribution in [2.45, 2.75) is 31.9 Å². The van der Waals surface area contributed by atoms with Gasteiger partial charge in [-0.1, -0.05) is 0 Å². The fourth-order valence-electron chi connectivity index (χ4n) is 0.735. The summed E-state index contributed by atoms with van der Waals surface area (Å²) in [6.07, 6.45) is -2.94. The van der Waals surface area contributed by atoms with E-state index in [4.69, 9.17) is 4.74 Å². The number of likely N-dealkylation sites (N-methyl/N-ethyl adjacent to an activating group) is 1. The lowest BCUT2D eigenvalue weighted by Gasteiger charge is -2.33. The Morgan fingerprint density at radius 2 is 1.91 bits per heavy atom. The first-order chi connectivity index (χ1) is 4.99. The van der Waals surface area contributed by atoms with Gasteiger partial charge in [0, 0.05) is 7.11 Å². The maximum atomic E-state index is 12.4. The summed E-state index contributed by atoms with van der Waals surface area (Å²) < 4.78 is 29.6. The highest BCUT2D eigenvalue weighted by Gasteiger charge is 2.39. The summed E-state index contributed by atoms with van der Waals surface area (Å²) in [5.74, 6) is 0. The number of hydrogen-bond donors (Lipinski definition) is 1. The molecule has 0 aromatic rings. The van der Waals surface area contributed by atoms with Gasteiger partial charge in [0.25, 0.3) is 6.43 Å². The van der Waals surface area contributed by atoms with E-state index in [0.29, 0.717) is 0 Å². The lowest BCUT2D eigenvalue weighted by Crippen LogP contribution is -2.55. The van der Waals surface area contributed by atoms with E-state index in [-0.39, 0.29) is 0 Å². The van der Waals surface area contributed by atoms with Crippen molar-refractivity contribution in [3.8, 4) is 0 Å². The SMILES string of the molecule is CNC(C)(C(F)F)C(C)OC. The number of nitrogens with one attached hydrogen (secondary N) is 1. The van der Waals surface area contributed by atoms with Crippen molar-refractivity contribution in [2.75, 3.05) is 14.2 Å². The zero-order valence-electron chi connectivity index (χ0n) is 7.32. The van der Waals surface area contributed by atoms with E-state index >= 15 is 0 Å². The van der Waals surface area contributed by atoms with E-state index in [1.807, 2.05) is 0 Å². The van der Waals surface area contributed by atoms with E-state index in [1.54, 1.807) is 6.92 Å². The molecule has 0 rings (SSSR count). The molecule has 68 valence electrons. The second-order valence-corrected chi connectivity index (χ2v) is 2.71. The highest BCUT2D eigenvalue weighted by atomic mass is 19.3. The maximum absolute atomic E-state index is 12.4. The topological polar surface area (TPSA) is 21.3 Å². The molecule has 2 nitrogen and oxygen atoms in total. The number of hydrogen-bond acceptors (Lipinski definition) is 2. The van der Waals surface area contributed by atoms with Crippen molar-refractivity contribution in [1.29, 1.82) is 0 Å². The van der Waals surface area contributed by atoms with Crippen LogP contribution in [0, 0.1) is 0 Å². The van der Waals surface area contributed by atoms with Gasteiger partial charge in [-0.2, -0.15) is 0 Å². The molecule has 2 unspecified atom stereocenters. The summed E-state index contributed by atoms with van der Waals surface area (Å²) in [5, 5.41) is 2.55. The van der Waals surface area contributed by atoms with Crippen LogP contribution in [0.25, 0.3) is 0 Å². The van der Waals surface area contributed by atoms with Gasteiger partial charge in [-0.25, -0.2) is 8.78 Å². The zero-order valence-corrected chi connectivity index (χ0v) is 7.32. The molecule has 0 saturated heterocycles. The summed E-state index contributed by atoms with van der Waals surface area (Å²) in [6.45, 7) is 3.05. The fraction of sp³-hybridized carbons (Fsp3) is 1.00. The zero-order chi connectivity index (χ0) is 9.07. The molecule has 1 N–H and O–H groups in total. The van der Waals surface area contributed by atoms with Crippen molar-refractivity contribution in [3.05, 3.63) is 0 Å². The molecule has 0 radical (unpaired) electrons. The summed E-state index contributed by atoms with van der Waals surface area (Å²) in [5.41, 5.74) is -1.26. The largest absolute Gasteiger partial charge is 0.380 e. The molecule has 2 atom stereocenters. The highest BCUT2D eigenvalue weighted by Crippen LogP contribution is 2.20. The van der Waals surface area contributed by atoms with Crippen LogP contribution >= 0.6 is 0 Å². The second-order valence-electron chi connectivity index (χ2n) is 2.71. The van der Waals surface area contributed by atoms with Crippen molar-refractivity contribution in [2.24, 2.45) is 0 Å². The number of methoxy groups -OCH3 is 1. The first-order valence-electron chi connectivity index (χ1n) is 3.49. The Balaban J connectivity index is 4.32. The normalized spacial score (nSPS) is 19.9. The summed E-state index contributed by atoms with van der Waals surface area (Å²) in [6, 6.07) is 0. The van der Waals surface area contributed by atoms with Crippen LogP contribution in [0.2, 0.25) is 0 Å². The monoisotopic (exact) mass is 167 g/mol. The van der Waals surface area contributed by atoms with Crippen LogP contribution < -0.4 is 5.32 Å². The minimum Gasteiger partial charge on any atom is -0.380 e. The standard InChI is InChI=1S/C7H15F2NO/c1-5(11-4)7(2,10-3)6(8)9/h5-6,10H,1-4H3. The third-order valence-electron chi connectivity index (χ3n) is 2.19. The maximum Gasteiger partial charge on any atom is 0.258 e. The molecule has 11 heavy (non-hydrogen) atoms. The van der Waals surface area contributed by atoms with Crippen LogP contribution in [-0.4, -0.2) is 32.2 Å². The van der Waals surface area contributed by atoms with Gasteiger partial charge in [-0.05, 0) is 20.9 Å². The predicted molar refractivity (Wildman–Crippen MR) is 39.9 cm³/mol. The van der Waals surface area contributed by atoms with Gasteiger partial charge >= 0.3 is 0 Å². The lowest BCUT2D eigenvalue weighted by molar-refractivity contribution is -0.0489. The number of halogens is 2. The third-order valence-corrected chi connectivity index (χ3v) is 2.19. The van der Waals surface area contributed by atoms with Crippen LogP contribution in [0.15, 0.2) is 0 Å². The Morgan fingerprint density at radius 3 is 2.00 bits per heavy atom. The Hall–Kier alpha value is -0.220. The quantitative estimate of drug-likeness (QED) is 0.680. The summed E-state index contributed by atoms with van der Waals surface area (Å²) >= 11 is 0. The summed E-state index contributed by atoms with van der Waals surface area (Å²) in [7, 11) is 2.92. The van der Waals surface area contributed by atoms with E-state index in [2.05, 4.69) is 5.32 Å². The van der Waals surface area contributed by atoms with E-state index in [1.165, 1.54) is 21.1 Å². The van der Waals surface area contributed by atoms with Crippen molar-refractivity contribution in [3.63, 3.8) is 0 Å². The Kier molecular flexibility index (Phi) is 3.89. The number of alkyl halides is 2. The van der Waals surface area contributed by atoms with E-state index in [0.717, 1.165) is 0 Å². The molecule has 4 heteroatoms. The van der Waals surface area contributed by atoms with Gasteiger partial charge in [0.1, 0.15) is 5.54 Å². The molecule has 0 fully saturated rings. The molecule has 0 aliphatic heterocycles. The second kappa shape index (κ2) is 3.97. The lowest BCUT2D eigenvalue weighted by atomic mass is 9.97. The average molecular weight is 167 g/mol. The molecular weight excluding hydrogens is 152 g/mol. The van der Waals surface area contributed by atoms with Gasteiger partial charge in [0.2, 0.25) is 0 Å². The van der Waals surface area contributed by atoms with Gasteiger partial charge < -0.3 is 10.1 Å². The van der Waals surface area contributed by atoms with E-state index < -0.39 is 18.1 Å². The molecule has 0 spiro atoms. The molecule has 0 aliphatic rings. The third kappa shape index (κ3) is 2.10.